The third-order valence-electron chi connectivity index (χ3n) is 3.45. The summed E-state index contributed by atoms with van der Waals surface area (Å²) in [6.07, 6.45) is 1.90. The summed E-state index contributed by atoms with van der Waals surface area (Å²) in [5.74, 6) is 1.43. The monoisotopic (exact) mass is 329 g/mol. The van der Waals surface area contributed by atoms with Gasteiger partial charge >= 0.3 is 0 Å². The second-order valence-electron chi connectivity index (χ2n) is 5.22. The Labute approximate surface area is 126 Å². The van der Waals surface area contributed by atoms with Crippen LogP contribution in [0.1, 0.15) is 25.3 Å². The van der Waals surface area contributed by atoms with Crippen molar-refractivity contribution in [3.8, 4) is 11.4 Å². The second-order valence-corrected chi connectivity index (χ2v) is 5.97. The first-order valence-electron chi connectivity index (χ1n) is 6.59. The lowest BCUT2D eigenvalue weighted by atomic mass is 10.0. The Balaban J connectivity index is 2.16. The summed E-state index contributed by atoms with van der Waals surface area (Å²) in [6.45, 7) is 4.38. The molecule has 102 valence electrons. The number of anilines is 1. The molecule has 3 aromatic rings. The number of hydrogen-bond acceptors (Lipinski definition) is 2. The van der Waals surface area contributed by atoms with Gasteiger partial charge in [-0.1, -0.05) is 38.1 Å². The highest BCUT2D eigenvalue weighted by molar-refractivity contribution is 9.10. The number of halogens is 1. The van der Waals surface area contributed by atoms with E-state index in [-0.39, 0.29) is 0 Å². The van der Waals surface area contributed by atoms with Crippen LogP contribution >= 0.6 is 15.9 Å². The van der Waals surface area contributed by atoms with Crippen LogP contribution in [0.4, 0.5) is 5.69 Å². The number of nitrogens with zero attached hydrogens (tertiary/aromatic N) is 2. The molecule has 0 fully saturated rings. The number of pyridine rings is 1. The van der Waals surface area contributed by atoms with Gasteiger partial charge in [-0.2, -0.15) is 0 Å². The molecule has 2 heterocycles. The second kappa shape index (κ2) is 4.94. The van der Waals surface area contributed by atoms with Crippen LogP contribution in [0, 0.1) is 0 Å². The number of nitrogens with two attached hydrogens (primary N) is 1. The van der Waals surface area contributed by atoms with E-state index in [0.29, 0.717) is 5.92 Å². The van der Waals surface area contributed by atoms with Gasteiger partial charge in [0.05, 0.1) is 5.52 Å². The number of rotatable bonds is 2. The first kappa shape index (κ1) is 13.2. The fourth-order valence-corrected chi connectivity index (χ4v) is 2.78. The molecule has 0 atom stereocenters. The molecule has 0 amide bonds. The van der Waals surface area contributed by atoms with E-state index in [2.05, 4.69) is 59.0 Å². The predicted octanol–water partition coefficient (Wildman–Crippen LogP) is 4.47. The maximum absolute atomic E-state index is 5.88. The first-order chi connectivity index (χ1) is 9.56. The van der Waals surface area contributed by atoms with Gasteiger partial charge in [-0.05, 0) is 39.5 Å². The summed E-state index contributed by atoms with van der Waals surface area (Å²) in [5, 5.41) is 0. The predicted molar refractivity (Wildman–Crippen MR) is 86.8 cm³/mol. The Hall–Kier alpha value is -1.81. The molecule has 0 radical (unpaired) electrons. The minimum absolute atomic E-state index is 0.531. The Bertz CT molecular complexity index is 757. The van der Waals surface area contributed by atoms with E-state index < -0.39 is 0 Å². The average Bonchev–Trinajstić information content (AvgIpc) is 2.75. The highest BCUT2D eigenvalue weighted by Gasteiger charge is 2.11. The van der Waals surface area contributed by atoms with Crippen molar-refractivity contribution in [1.82, 2.24) is 9.38 Å². The molecule has 4 heteroatoms. The van der Waals surface area contributed by atoms with Crippen molar-refractivity contribution >= 4 is 27.1 Å². The molecule has 0 aliphatic heterocycles. The van der Waals surface area contributed by atoms with Crippen molar-refractivity contribution in [2.75, 3.05) is 5.73 Å². The minimum Gasteiger partial charge on any atom is -0.398 e. The molecule has 0 aliphatic carbocycles. The van der Waals surface area contributed by atoms with Crippen LogP contribution in [-0.4, -0.2) is 9.38 Å². The number of fused-ring (bicyclic) bond motifs is 1. The van der Waals surface area contributed by atoms with E-state index in [1.807, 2.05) is 22.7 Å². The normalized spacial score (nSPS) is 11.4. The van der Waals surface area contributed by atoms with Gasteiger partial charge in [0, 0.05) is 17.4 Å². The number of aromatic nitrogens is 2. The highest BCUT2D eigenvalue weighted by atomic mass is 79.9. The zero-order valence-electron chi connectivity index (χ0n) is 11.5. The molecular weight excluding hydrogens is 314 g/mol. The van der Waals surface area contributed by atoms with Crippen molar-refractivity contribution in [2.24, 2.45) is 0 Å². The van der Waals surface area contributed by atoms with Gasteiger partial charge in [0.25, 0.3) is 0 Å². The Morgan fingerprint density at radius 2 is 1.80 bits per heavy atom. The number of benzene rings is 1. The van der Waals surface area contributed by atoms with Crippen LogP contribution in [0.2, 0.25) is 0 Å². The van der Waals surface area contributed by atoms with Gasteiger partial charge in [-0.25, -0.2) is 4.98 Å². The molecule has 2 N–H and O–H groups in total. The van der Waals surface area contributed by atoms with E-state index in [9.17, 15) is 0 Å². The molecule has 0 saturated heterocycles. The molecule has 3 nitrogen and oxygen atoms in total. The van der Waals surface area contributed by atoms with Crippen molar-refractivity contribution < 1.29 is 0 Å². The topological polar surface area (TPSA) is 43.3 Å². The molecule has 0 saturated carbocycles. The lowest BCUT2D eigenvalue weighted by Gasteiger charge is -2.07. The third kappa shape index (κ3) is 2.20. The summed E-state index contributed by atoms with van der Waals surface area (Å²) in [6, 6.07) is 12.4. The van der Waals surface area contributed by atoms with Crippen molar-refractivity contribution in [3.63, 3.8) is 0 Å². The van der Waals surface area contributed by atoms with Crippen LogP contribution in [0.3, 0.4) is 0 Å². The quantitative estimate of drug-likeness (QED) is 0.753. The van der Waals surface area contributed by atoms with Crippen LogP contribution < -0.4 is 5.73 Å². The van der Waals surface area contributed by atoms with Gasteiger partial charge in [-0.3, -0.25) is 4.40 Å². The van der Waals surface area contributed by atoms with Crippen LogP contribution in [0.5, 0.6) is 0 Å². The van der Waals surface area contributed by atoms with E-state index in [1.54, 1.807) is 0 Å². The highest BCUT2D eigenvalue weighted by Crippen LogP contribution is 2.28. The Morgan fingerprint density at radius 3 is 2.45 bits per heavy atom. The molecule has 20 heavy (non-hydrogen) atoms. The Morgan fingerprint density at radius 1 is 1.10 bits per heavy atom. The number of imidazole rings is 1. The maximum Gasteiger partial charge on any atom is 0.145 e. The van der Waals surface area contributed by atoms with Crippen LogP contribution in [0.25, 0.3) is 16.9 Å². The maximum atomic E-state index is 5.88. The fraction of sp³-hybridized carbons (Fsp3) is 0.188. The first-order valence-corrected chi connectivity index (χ1v) is 7.39. The lowest BCUT2D eigenvalue weighted by molar-refractivity contribution is 0.867. The summed E-state index contributed by atoms with van der Waals surface area (Å²) in [4.78, 5) is 4.60. The van der Waals surface area contributed by atoms with Crippen LogP contribution in [-0.2, 0) is 0 Å². The van der Waals surface area contributed by atoms with E-state index in [0.717, 1.165) is 27.2 Å². The third-order valence-corrected chi connectivity index (χ3v) is 4.03. The van der Waals surface area contributed by atoms with E-state index in [1.165, 1.54) is 5.56 Å². The summed E-state index contributed by atoms with van der Waals surface area (Å²) in [5.41, 5.74) is 10.0. The van der Waals surface area contributed by atoms with Gasteiger partial charge in [-0.15, -0.1) is 0 Å². The fourth-order valence-electron chi connectivity index (χ4n) is 2.29. The molecule has 2 aromatic heterocycles. The smallest absolute Gasteiger partial charge is 0.145 e. The standard InChI is InChI=1S/C16H16BrN3/c1-10(2)11-3-5-12(6-4-11)16-19-15(17)14-8-7-13(18)9-20(14)16/h3-10H,18H2,1-2H3. The zero-order valence-corrected chi connectivity index (χ0v) is 13.1. The van der Waals surface area contributed by atoms with Gasteiger partial charge in [0.15, 0.2) is 0 Å². The molecule has 0 spiro atoms. The lowest BCUT2D eigenvalue weighted by Crippen LogP contribution is -1.93. The number of nitrogen functional groups attached to an aromatic ring is 1. The summed E-state index contributed by atoms with van der Waals surface area (Å²) < 4.78 is 2.85. The van der Waals surface area contributed by atoms with E-state index >= 15 is 0 Å². The Kier molecular flexibility index (Phi) is 3.26. The zero-order chi connectivity index (χ0) is 14.3. The summed E-state index contributed by atoms with van der Waals surface area (Å²) in [7, 11) is 0. The van der Waals surface area contributed by atoms with Crippen molar-refractivity contribution in [2.45, 2.75) is 19.8 Å². The van der Waals surface area contributed by atoms with Gasteiger partial charge in [0.1, 0.15) is 10.4 Å². The van der Waals surface area contributed by atoms with Crippen LogP contribution in [0.15, 0.2) is 47.2 Å². The van der Waals surface area contributed by atoms with E-state index in [4.69, 9.17) is 5.73 Å². The molecule has 1 aromatic carbocycles. The summed E-state index contributed by atoms with van der Waals surface area (Å²) >= 11 is 3.50. The molecular formula is C16H16BrN3. The van der Waals surface area contributed by atoms with Gasteiger partial charge in [0.2, 0.25) is 0 Å². The molecule has 0 aliphatic rings. The average molecular weight is 330 g/mol. The van der Waals surface area contributed by atoms with Crippen molar-refractivity contribution in [3.05, 3.63) is 52.8 Å². The SMILES string of the molecule is CC(C)c1ccc(-c2nc(Br)c3ccc(N)cn23)cc1. The molecule has 0 bridgehead atoms. The number of hydrogen-bond donors (Lipinski definition) is 1. The largest absolute Gasteiger partial charge is 0.398 e. The minimum atomic E-state index is 0.531. The molecule has 0 unspecified atom stereocenters. The molecule has 3 rings (SSSR count). The van der Waals surface area contributed by atoms with Crippen molar-refractivity contribution in [1.29, 1.82) is 0 Å². The van der Waals surface area contributed by atoms with Gasteiger partial charge < -0.3 is 5.73 Å².